The van der Waals surface area contributed by atoms with Crippen LogP contribution >= 0.6 is 15.9 Å². The Bertz CT molecular complexity index is 1760. The number of methoxy groups -OCH3 is 2. The number of benzene rings is 2. The molecule has 51 heavy (non-hydrogen) atoms. The zero-order valence-electron chi connectivity index (χ0n) is 31.7. The molecule has 2 unspecified atom stereocenters. The fourth-order valence-electron chi connectivity index (χ4n) is 5.38. The van der Waals surface area contributed by atoms with Gasteiger partial charge < -0.3 is 35.6 Å². The lowest BCUT2D eigenvalue weighted by Gasteiger charge is -2.31. The summed E-state index contributed by atoms with van der Waals surface area (Å²) in [5, 5.41) is 6.15. The molecular formula is C38H54BrN7O5. The number of rotatable bonds is 12. The number of hydrogen-bond donors (Lipinski definition) is 4. The number of H-pyrrole nitrogens is 1. The van der Waals surface area contributed by atoms with E-state index in [4.69, 9.17) is 24.9 Å². The van der Waals surface area contributed by atoms with Gasteiger partial charge in [0.15, 0.2) is 0 Å². The Kier molecular flexibility index (Phi) is 14.7. The van der Waals surface area contributed by atoms with Crippen molar-refractivity contribution in [2.24, 2.45) is 11.8 Å². The number of pyridine rings is 1. The van der Waals surface area contributed by atoms with Gasteiger partial charge in [-0.05, 0) is 98.3 Å². The smallest absolute Gasteiger partial charge is 0.410 e. The molecule has 0 aliphatic carbocycles. The first-order valence-corrected chi connectivity index (χ1v) is 17.8. The zero-order valence-corrected chi connectivity index (χ0v) is 33.3. The van der Waals surface area contributed by atoms with Crippen molar-refractivity contribution in [3.63, 3.8) is 0 Å². The van der Waals surface area contributed by atoms with Gasteiger partial charge in [0.1, 0.15) is 29.0 Å². The SMILES string of the molecule is CNC(CC(C)C)c1nc2cc(OC)c(-c3ccncc3)cc2[nH]1.COc1cc(NC(=O)C(CC(C)C)N(C)C(=O)OC(C)(C)C)c(N)cc1Br. The number of nitrogens with one attached hydrogen (secondary N) is 3. The lowest BCUT2D eigenvalue weighted by Crippen LogP contribution is -2.47. The van der Waals surface area contributed by atoms with Crippen LogP contribution in [0.2, 0.25) is 0 Å². The van der Waals surface area contributed by atoms with Gasteiger partial charge in [0.2, 0.25) is 5.91 Å². The van der Waals surface area contributed by atoms with E-state index in [1.165, 1.54) is 12.0 Å². The van der Waals surface area contributed by atoms with Crippen LogP contribution in [0.15, 0.2) is 53.3 Å². The summed E-state index contributed by atoms with van der Waals surface area (Å²) < 4.78 is 16.9. The van der Waals surface area contributed by atoms with Crippen LogP contribution in [0.5, 0.6) is 11.5 Å². The number of carbonyl (C=O) groups excluding carboxylic acids is 2. The van der Waals surface area contributed by atoms with E-state index in [-0.39, 0.29) is 17.9 Å². The molecule has 13 heteroatoms. The first-order chi connectivity index (χ1) is 24.0. The highest BCUT2D eigenvalue weighted by atomic mass is 79.9. The van der Waals surface area contributed by atoms with Crippen molar-refractivity contribution >= 4 is 50.3 Å². The van der Waals surface area contributed by atoms with Crippen molar-refractivity contribution < 1.29 is 23.8 Å². The zero-order chi connectivity index (χ0) is 38.0. The lowest BCUT2D eigenvalue weighted by molar-refractivity contribution is -0.121. The van der Waals surface area contributed by atoms with Gasteiger partial charge >= 0.3 is 6.09 Å². The normalized spacial score (nSPS) is 12.6. The third-order valence-electron chi connectivity index (χ3n) is 7.93. The fraction of sp³-hybridized carbons (Fsp3) is 0.474. The number of aromatic amines is 1. The molecule has 12 nitrogen and oxygen atoms in total. The highest BCUT2D eigenvalue weighted by Gasteiger charge is 2.31. The predicted molar refractivity (Wildman–Crippen MR) is 208 cm³/mol. The number of imidazole rings is 1. The third-order valence-corrected chi connectivity index (χ3v) is 8.55. The van der Waals surface area contributed by atoms with Crippen LogP contribution in [0.25, 0.3) is 22.2 Å². The van der Waals surface area contributed by atoms with Crippen LogP contribution in [-0.2, 0) is 9.53 Å². The molecule has 2 aromatic carbocycles. The molecule has 0 saturated heterocycles. The molecule has 278 valence electrons. The van der Waals surface area contributed by atoms with Gasteiger partial charge in [-0.25, -0.2) is 9.78 Å². The fourth-order valence-corrected chi connectivity index (χ4v) is 5.91. The van der Waals surface area contributed by atoms with Gasteiger partial charge in [-0.3, -0.25) is 14.7 Å². The Labute approximate surface area is 310 Å². The average Bonchev–Trinajstić information content (AvgIpc) is 3.49. The molecule has 0 saturated carbocycles. The Morgan fingerprint density at radius 2 is 1.61 bits per heavy atom. The first-order valence-electron chi connectivity index (χ1n) is 17.0. The summed E-state index contributed by atoms with van der Waals surface area (Å²) in [6, 6.07) is 10.9. The number of aromatic nitrogens is 3. The number of nitrogens with zero attached hydrogens (tertiary/aromatic N) is 3. The number of ether oxygens (including phenoxy) is 3. The number of hydrogen-bond acceptors (Lipinski definition) is 9. The standard InChI is InChI=1S/C19H30BrN3O4.C19H24N4O/c1-11(2)8-15(23(6)18(25)27-19(3,4)5)17(24)22-14-10-16(26-7)12(20)9-13(14)21;1-12(2)9-17(20-3)19-22-15-10-14(13-5-7-21-8-6-13)18(24-4)11-16(15)23-19/h9-11,15H,8,21H2,1-7H3,(H,22,24);5-8,10-12,17,20H,9H2,1-4H3,(H,22,23). The van der Waals surface area contributed by atoms with E-state index < -0.39 is 17.7 Å². The largest absolute Gasteiger partial charge is 0.496 e. The quantitative estimate of drug-likeness (QED) is 0.104. The summed E-state index contributed by atoms with van der Waals surface area (Å²) in [5.74, 6) is 2.78. The number of carbonyl (C=O) groups is 2. The number of likely N-dealkylation sites (N-methyl/N-ethyl adjacent to an activating group) is 1. The molecule has 2 aromatic heterocycles. The van der Waals surface area contributed by atoms with Crippen LogP contribution in [0.4, 0.5) is 16.2 Å². The van der Waals surface area contributed by atoms with E-state index >= 15 is 0 Å². The summed E-state index contributed by atoms with van der Waals surface area (Å²) in [4.78, 5) is 39.0. The van der Waals surface area contributed by atoms with Gasteiger partial charge in [-0.2, -0.15) is 0 Å². The maximum absolute atomic E-state index is 12.9. The highest BCUT2D eigenvalue weighted by molar-refractivity contribution is 9.10. The second-order valence-corrected chi connectivity index (χ2v) is 15.1. The van der Waals surface area contributed by atoms with Crippen LogP contribution in [0.3, 0.4) is 0 Å². The van der Waals surface area contributed by atoms with Crippen LogP contribution < -0.4 is 25.8 Å². The van der Waals surface area contributed by atoms with Crippen molar-refractivity contribution in [2.45, 2.75) is 79.0 Å². The van der Waals surface area contributed by atoms with Crippen LogP contribution in [0.1, 0.15) is 73.2 Å². The Balaban J connectivity index is 0.000000277. The van der Waals surface area contributed by atoms with Gasteiger partial charge in [-0.1, -0.05) is 27.7 Å². The summed E-state index contributed by atoms with van der Waals surface area (Å²) >= 11 is 3.35. The number of anilines is 2. The number of nitrogens with two attached hydrogens (primary N) is 1. The van der Waals surface area contributed by atoms with Gasteiger partial charge in [0, 0.05) is 37.1 Å². The Morgan fingerprint density at radius 3 is 2.16 bits per heavy atom. The van der Waals surface area contributed by atoms with Gasteiger partial charge in [0.25, 0.3) is 0 Å². The molecule has 2 atom stereocenters. The maximum atomic E-state index is 12.9. The van der Waals surface area contributed by atoms with Crippen molar-refractivity contribution in [3.05, 3.63) is 59.1 Å². The summed E-state index contributed by atoms with van der Waals surface area (Å²) in [6.45, 7) is 13.8. The van der Waals surface area contributed by atoms with Gasteiger partial charge in [-0.15, -0.1) is 0 Å². The molecule has 0 spiro atoms. The number of amides is 2. The van der Waals surface area contributed by atoms with E-state index in [9.17, 15) is 9.59 Å². The first kappa shape index (κ1) is 41.1. The molecule has 0 bridgehead atoms. The van der Waals surface area contributed by atoms with Crippen molar-refractivity contribution in [2.75, 3.05) is 39.4 Å². The third kappa shape index (κ3) is 11.6. The van der Waals surface area contributed by atoms with E-state index in [0.29, 0.717) is 33.9 Å². The summed E-state index contributed by atoms with van der Waals surface area (Å²) in [5.41, 5.74) is 10.2. The van der Waals surface area contributed by atoms with E-state index in [1.54, 1.807) is 59.5 Å². The number of halogens is 1. The molecule has 0 fully saturated rings. The van der Waals surface area contributed by atoms with E-state index in [0.717, 1.165) is 40.2 Å². The minimum Gasteiger partial charge on any atom is -0.496 e. The molecule has 2 heterocycles. The molecule has 4 rings (SSSR count). The molecule has 5 N–H and O–H groups in total. The number of nitrogen functional groups attached to an aromatic ring is 1. The van der Waals surface area contributed by atoms with Crippen LogP contribution in [-0.4, -0.2) is 71.8 Å². The second kappa shape index (κ2) is 18.2. The summed E-state index contributed by atoms with van der Waals surface area (Å²) in [6.07, 6.45) is 4.54. The molecule has 0 aliphatic rings. The average molecular weight is 769 g/mol. The topological polar surface area (TPSA) is 157 Å². The molecule has 0 radical (unpaired) electrons. The van der Waals surface area contributed by atoms with E-state index in [1.807, 2.05) is 39.1 Å². The van der Waals surface area contributed by atoms with Crippen LogP contribution in [0, 0.1) is 11.8 Å². The van der Waals surface area contributed by atoms with Crippen molar-refractivity contribution in [1.82, 2.24) is 25.2 Å². The minimum absolute atomic E-state index is 0.197. The Hall–Kier alpha value is -4.36. The molecule has 2 amide bonds. The Morgan fingerprint density at radius 1 is 0.980 bits per heavy atom. The second-order valence-electron chi connectivity index (χ2n) is 14.2. The molecular weight excluding hydrogens is 714 g/mol. The number of fused-ring (bicyclic) bond motifs is 1. The van der Waals surface area contributed by atoms with Crippen molar-refractivity contribution in [1.29, 1.82) is 0 Å². The van der Waals surface area contributed by atoms with E-state index in [2.05, 4.69) is 56.4 Å². The highest BCUT2D eigenvalue weighted by Crippen LogP contribution is 2.35. The maximum Gasteiger partial charge on any atom is 0.410 e. The monoisotopic (exact) mass is 767 g/mol. The predicted octanol–water partition coefficient (Wildman–Crippen LogP) is 8.20. The molecule has 0 aliphatic heterocycles. The minimum atomic E-state index is -0.700. The lowest BCUT2D eigenvalue weighted by atomic mass is 10.0. The molecule has 4 aromatic rings. The summed E-state index contributed by atoms with van der Waals surface area (Å²) in [7, 11) is 6.75. The van der Waals surface area contributed by atoms with Crippen molar-refractivity contribution in [3.8, 4) is 22.6 Å². The van der Waals surface area contributed by atoms with Gasteiger partial charge in [0.05, 0.1) is 47.1 Å².